The molecule has 2 heterocycles. The molecule has 0 spiro atoms. The standard InChI is InChI=1S/C90H133F2N11O23/c1-8-21-76-125-71-48-59-60-47-62(91)61-46-58(105)32-34-87(61,6)89(60,92)69(106)49-88(59,7)90(71,126-76)70(107)50-98-82(115)64(27-20-36-97-86(94)118)100-84(117)78(54(4)5)102-83(116)65(26-18-19-35-95-74(110)53-123-67-29-13-11-12-25-63(77(67)93)101-85-81(114)80(113)79(112)68(52-104)124-85)99-73(109)33-38-119-40-42-121-44-45-122-43-41-120-39-37-96-72(108)30-31-75(111)103(66-28-17-16-23-56(66)10-3)51-57-24-15-14-22-55(57)9-2/h9,14-17,22-24,28,32,34,46,54,59-60,62,64-65,67-69,71,76,78-81,85,101,104,106,112-114H,2,8,10-13,18-21,25-27,29-31,33,35-45,47-53,93H2,1,3-7H3,(H,95,110)(H,96,108)(H,98,115)(H,99,109)(H,100,117)(H,102,116)(H3,94,97,118)/t59-,60-,62-,64-,65+,67?,68+,69-,71+,76?,78-,79-,80-,81+,85+,87-,88-,89-,90+/m0/s1. The quantitative estimate of drug-likeness (QED) is 0.0422. The molecule has 34 nitrogen and oxygen atoms in total. The molecule has 126 heavy (non-hydrogen) atoms. The summed E-state index contributed by atoms with van der Waals surface area (Å²) in [6, 6.07) is 10.5. The third kappa shape index (κ3) is 25.2. The molecule has 3 saturated carbocycles. The summed E-state index contributed by atoms with van der Waals surface area (Å²) in [7, 11) is 0. The van der Waals surface area contributed by atoms with Crippen LogP contribution in [0.1, 0.15) is 174 Å². The molecular weight excluding hydrogens is 1640 g/mol. The van der Waals surface area contributed by atoms with Crippen LogP contribution in [0.15, 0.2) is 90.3 Å². The van der Waals surface area contributed by atoms with Crippen molar-refractivity contribution < 1.29 is 120 Å². The Hall–Kier alpha value is -8.76. The summed E-state index contributed by atoms with van der Waals surface area (Å²) < 4.78 is 82.3. The molecule has 36 heteroatoms. The zero-order valence-electron chi connectivity index (χ0n) is 73.4. The number of carbonyl (C=O) groups excluding carboxylic acids is 10. The van der Waals surface area contributed by atoms with Crippen LogP contribution in [0.4, 0.5) is 19.3 Å². The van der Waals surface area contributed by atoms with Gasteiger partial charge >= 0.3 is 6.03 Å². The van der Waals surface area contributed by atoms with Gasteiger partial charge in [0.25, 0.3) is 0 Å². The van der Waals surface area contributed by atoms with Crippen molar-refractivity contribution in [1.29, 1.82) is 0 Å². The monoisotopic (exact) mass is 1770 g/mol. The highest BCUT2D eigenvalue weighted by Gasteiger charge is 2.80. The van der Waals surface area contributed by atoms with E-state index in [-0.39, 0.29) is 160 Å². The number of rotatable bonds is 50. The largest absolute Gasteiger partial charge is 0.399 e. The van der Waals surface area contributed by atoms with E-state index in [1.165, 1.54) is 19.1 Å². The molecule has 0 aromatic heterocycles. The van der Waals surface area contributed by atoms with Gasteiger partial charge in [0.05, 0.1) is 96.6 Å². The van der Waals surface area contributed by atoms with Gasteiger partial charge in [-0.15, -0.1) is 0 Å². The number of carbonyl (C=O) groups is 10. The molecule has 9 amide bonds. The first-order valence-corrected chi connectivity index (χ1v) is 44.4. The van der Waals surface area contributed by atoms with Crippen molar-refractivity contribution in [3.63, 3.8) is 0 Å². The lowest BCUT2D eigenvalue weighted by Gasteiger charge is -2.63. The van der Waals surface area contributed by atoms with Crippen LogP contribution in [0.3, 0.4) is 0 Å². The number of nitrogens with two attached hydrogens (primary N) is 2. The molecule has 0 radical (unpaired) electrons. The van der Waals surface area contributed by atoms with Gasteiger partial charge in [-0.2, -0.15) is 0 Å². The number of anilines is 1. The summed E-state index contributed by atoms with van der Waals surface area (Å²) in [5.41, 5.74) is 8.79. The Bertz CT molecular complexity index is 4140. The van der Waals surface area contributed by atoms with Crippen molar-refractivity contribution in [2.45, 2.75) is 261 Å². The van der Waals surface area contributed by atoms with Crippen LogP contribution in [-0.4, -0.2) is 268 Å². The van der Waals surface area contributed by atoms with Crippen LogP contribution >= 0.6 is 0 Å². The fourth-order valence-corrected chi connectivity index (χ4v) is 18.7. The van der Waals surface area contributed by atoms with Crippen LogP contribution in [0.25, 0.3) is 6.08 Å². The number of unbranched alkanes of at least 4 members (excludes halogenated alkanes) is 1. The normalized spacial score (nSPS) is 28.0. The molecule has 2 saturated heterocycles. The number of Topliss-reactive ketones (excluding diaryl/α,β-unsaturated/α-hetero) is 1. The van der Waals surface area contributed by atoms with Crippen LogP contribution in [0, 0.1) is 28.6 Å². The van der Waals surface area contributed by atoms with Crippen molar-refractivity contribution in [2.24, 2.45) is 40.1 Å². The van der Waals surface area contributed by atoms with Gasteiger partial charge in [-0.1, -0.05) is 115 Å². The molecule has 2 aliphatic heterocycles. The first-order valence-electron chi connectivity index (χ1n) is 44.4. The molecule has 2 unspecified atom stereocenters. The number of fused-ring (bicyclic) bond motifs is 7. The minimum atomic E-state index is -2.48. The number of alkyl halides is 2. The number of benzene rings is 2. The van der Waals surface area contributed by atoms with Crippen molar-refractivity contribution in [3.8, 4) is 0 Å². The molecular formula is C90H133F2N11O23. The van der Waals surface area contributed by atoms with Crippen LogP contribution < -0.4 is 58.9 Å². The molecule has 7 aliphatic rings. The van der Waals surface area contributed by atoms with Gasteiger partial charge in [-0.05, 0) is 143 Å². The number of halogens is 2. The van der Waals surface area contributed by atoms with E-state index in [9.17, 15) is 68.7 Å². The third-order valence-electron chi connectivity index (χ3n) is 25.5. The minimum absolute atomic E-state index is 0.00372. The highest BCUT2D eigenvalue weighted by Crippen LogP contribution is 2.72. The number of ether oxygens (including phenoxy) is 8. The summed E-state index contributed by atoms with van der Waals surface area (Å²) in [5, 5.41) is 75.4. The number of para-hydroxylation sites is 1. The van der Waals surface area contributed by atoms with Crippen LogP contribution in [0.2, 0.25) is 0 Å². The summed E-state index contributed by atoms with van der Waals surface area (Å²) in [5.74, 6) is -7.91. The van der Waals surface area contributed by atoms with E-state index in [0.29, 0.717) is 50.8 Å². The second-order valence-corrected chi connectivity index (χ2v) is 34.3. The number of hydrogen-bond donors (Lipinski definition) is 15. The number of hydrogen-bond acceptors (Lipinski definition) is 25. The Labute approximate surface area is 735 Å². The topological polar surface area (TPSA) is 497 Å². The molecule has 2 aromatic carbocycles. The van der Waals surface area contributed by atoms with E-state index < -0.39 is 193 Å². The highest BCUT2D eigenvalue weighted by molar-refractivity contribution is 6.02. The third-order valence-corrected chi connectivity index (χ3v) is 25.5. The first kappa shape index (κ1) is 101. The van der Waals surface area contributed by atoms with Gasteiger partial charge < -0.3 is 122 Å². The van der Waals surface area contributed by atoms with E-state index in [2.05, 4.69) is 49.1 Å². The number of ketones is 2. The van der Waals surface area contributed by atoms with E-state index in [4.69, 9.17) is 49.4 Å². The van der Waals surface area contributed by atoms with Crippen molar-refractivity contribution in [2.75, 3.05) is 97.1 Å². The molecule has 9 rings (SSSR count). The fraction of sp³-hybridized carbons (Fsp3) is 0.667. The predicted molar refractivity (Wildman–Crippen MR) is 458 cm³/mol. The second-order valence-electron chi connectivity index (χ2n) is 34.3. The number of nitrogens with zero attached hydrogens (tertiary/aromatic N) is 1. The Morgan fingerprint density at radius 2 is 1.38 bits per heavy atom. The average Bonchev–Trinajstić information content (AvgIpc) is 1.46. The van der Waals surface area contributed by atoms with E-state index in [0.717, 1.165) is 41.3 Å². The molecule has 2 aromatic rings. The number of primary amides is 1. The van der Waals surface area contributed by atoms with Gasteiger partial charge in [0.1, 0.15) is 55.3 Å². The Kier molecular flexibility index (Phi) is 38.5. The predicted octanol–water partition coefficient (Wildman–Crippen LogP) is 3.43. The maximum absolute atomic E-state index is 18.3. The van der Waals surface area contributed by atoms with Crippen LogP contribution in [0.5, 0.6) is 0 Å². The van der Waals surface area contributed by atoms with Crippen molar-refractivity contribution >= 4 is 70.7 Å². The highest BCUT2D eigenvalue weighted by atomic mass is 19.1. The Morgan fingerprint density at radius 1 is 0.714 bits per heavy atom. The molecule has 5 aliphatic carbocycles. The molecule has 19 atom stereocenters. The number of amides is 9. The number of nitrogens with one attached hydrogen (secondary N) is 8. The number of allylic oxidation sites excluding steroid dienone is 5. The molecule has 17 N–H and O–H groups in total. The summed E-state index contributed by atoms with van der Waals surface area (Å²) in [6.07, 6.45) is -3.91. The summed E-state index contributed by atoms with van der Waals surface area (Å²) >= 11 is 0. The number of urea groups is 1. The first-order chi connectivity index (χ1) is 60.3. The lowest BCUT2D eigenvalue weighted by molar-refractivity contribution is -0.234. The maximum Gasteiger partial charge on any atom is 0.312 e. The Balaban J connectivity index is 0.765. The number of aliphatic hydroxyl groups is 5. The van der Waals surface area contributed by atoms with Gasteiger partial charge in [-0.25, -0.2) is 13.6 Å². The maximum atomic E-state index is 18.3. The summed E-state index contributed by atoms with van der Waals surface area (Å²) in [4.78, 5) is 139. The SMILES string of the molecule is C=Cc1ccccc1CN(C(=O)CCC(=O)NCCOCCOCCOCCOCCC(=O)N[C@H](CCCCNC(=O)COC1CCCCCC(N[C@@H]2O[C@H](CO)[C@H](O)[C@H](O)[C@H]2O)=C1N)C(=O)N[C@H](C(=O)N[C@@H](CCCNC(N)=O)C(=O)NCC(=O)[C@@]12OC(CCC)O[C@@H]1C[C@H]1[C@@H]3C[C@H](F)C4=CC(=O)C=C[C@]4(C)[C@@]3(F)[C@@H](O)C[C@@]12C)C(C)C)c1ccccc1CC. The molecule has 700 valence electrons. The molecule has 5 fully saturated rings. The van der Waals surface area contributed by atoms with E-state index in [1.54, 1.807) is 31.7 Å². The van der Waals surface area contributed by atoms with Gasteiger partial charge in [0.2, 0.25) is 41.4 Å². The second kappa shape index (κ2) is 48.0. The number of aliphatic hydroxyl groups excluding tert-OH is 5. The zero-order valence-corrected chi connectivity index (χ0v) is 73.4. The lowest BCUT2D eigenvalue weighted by atomic mass is 9.44. The van der Waals surface area contributed by atoms with Crippen LogP contribution in [-0.2, 0) is 94.0 Å². The zero-order chi connectivity index (χ0) is 91.5. The lowest BCUT2D eigenvalue weighted by Crippen LogP contribution is -2.71. The van der Waals surface area contributed by atoms with Gasteiger partial charge in [-0.3, -0.25) is 43.2 Å². The smallest absolute Gasteiger partial charge is 0.312 e. The summed E-state index contributed by atoms with van der Waals surface area (Å²) in [6.45, 7) is 14.4. The molecule has 0 bridgehead atoms. The van der Waals surface area contributed by atoms with Gasteiger partial charge in [0.15, 0.2) is 35.4 Å². The van der Waals surface area contributed by atoms with E-state index >= 15 is 13.6 Å². The van der Waals surface area contributed by atoms with Crippen molar-refractivity contribution in [1.82, 2.24) is 42.5 Å². The number of aryl methyl sites for hydroxylation is 1. The van der Waals surface area contributed by atoms with Crippen molar-refractivity contribution in [3.05, 3.63) is 107 Å². The fourth-order valence-electron chi connectivity index (χ4n) is 18.7. The minimum Gasteiger partial charge on any atom is -0.399 e. The van der Waals surface area contributed by atoms with Gasteiger partial charge in [0, 0.05) is 67.0 Å². The average molecular weight is 1780 g/mol. The van der Waals surface area contributed by atoms with E-state index in [1.807, 2.05) is 62.4 Å². The Morgan fingerprint density at radius 3 is 2.07 bits per heavy atom.